The molecule has 1 aromatic rings. The third-order valence-electron chi connectivity index (χ3n) is 2.76. The van der Waals surface area contributed by atoms with Crippen LogP contribution in [0.5, 0.6) is 0 Å². The number of amides is 1. The van der Waals surface area contributed by atoms with Crippen LogP contribution in [-0.4, -0.2) is 30.4 Å². The zero-order chi connectivity index (χ0) is 13.5. The average Bonchev–Trinajstić information content (AvgIpc) is 2.36. The molecule has 0 aromatic heterocycles. The van der Waals surface area contributed by atoms with E-state index < -0.39 is 0 Å². The van der Waals surface area contributed by atoms with Gasteiger partial charge in [-0.25, -0.2) is 0 Å². The van der Waals surface area contributed by atoms with Gasteiger partial charge in [0.15, 0.2) is 0 Å². The maximum atomic E-state index is 12.2. The molecule has 0 saturated carbocycles. The first kappa shape index (κ1) is 14.5. The minimum atomic E-state index is 0.0554. The van der Waals surface area contributed by atoms with Gasteiger partial charge in [-0.2, -0.15) is 0 Å². The van der Waals surface area contributed by atoms with Crippen LogP contribution in [0.25, 0.3) is 0 Å². The highest BCUT2D eigenvalue weighted by atomic mass is 16.2. The Morgan fingerprint density at radius 3 is 2.39 bits per heavy atom. The van der Waals surface area contributed by atoms with Crippen molar-refractivity contribution in [3.8, 4) is 0 Å². The van der Waals surface area contributed by atoms with Gasteiger partial charge in [0.05, 0.1) is 0 Å². The standard InChI is InChI=1S/C15H22N2O/c1-4-17(11-12(2)3)15(18)14-7-5-13(6-8-14)9-10-16/h5-8H,2,4,9-11,16H2,1,3H3. The van der Waals surface area contributed by atoms with Crippen molar-refractivity contribution in [1.29, 1.82) is 0 Å². The Morgan fingerprint density at radius 2 is 1.94 bits per heavy atom. The smallest absolute Gasteiger partial charge is 0.254 e. The second-order valence-corrected chi connectivity index (χ2v) is 4.51. The van der Waals surface area contributed by atoms with Crippen LogP contribution in [0.15, 0.2) is 36.4 Å². The predicted molar refractivity (Wildman–Crippen MR) is 75.6 cm³/mol. The molecule has 3 nitrogen and oxygen atoms in total. The first-order valence-electron chi connectivity index (χ1n) is 6.31. The van der Waals surface area contributed by atoms with Gasteiger partial charge in [-0.15, -0.1) is 0 Å². The minimum absolute atomic E-state index is 0.0554. The molecule has 0 bridgehead atoms. The summed E-state index contributed by atoms with van der Waals surface area (Å²) in [7, 11) is 0. The molecule has 18 heavy (non-hydrogen) atoms. The van der Waals surface area contributed by atoms with E-state index in [0.29, 0.717) is 19.6 Å². The third kappa shape index (κ3) is 4.00. The molecule has 1 aromatic carbocycles. The second-order valence-electron chi connectivity index (χ2n) is 4.51. The fourth-order valence-corrected chi connectivity index (χ4v) is 1.82. The molecule has 0 fully saturated rings. The number of likely N-dealkylation sites (N-methyl/N-ethyl adjacent to an activating group) is 1. The Balaban J connectivity index is 2.78. The highest BCUT2D eigenvalue weighted by Crippen LogP contribution is 2.09. The van der Waals surface area contributed by atoms with Gasteiger partial charge in [-0.3, -0.25) is 4.79 Å². The molecule has 0 atom stereocenters. The van der Waals surface area contributed by atoms with E-state index in [1.165, 1.54) is 0 Å². The van der Waals surface area contributed by atoms with Gasteiger partial charge < -0.3 is 10.6 Å². The fourth-order valence-electron chi connectivity index (χ4n) is 1.82. The van der Waals surface area contributed by atoms with Crippen molar-refractivity contribution < 1.29 is 4.79 Å². The quantitative estimate of drug-likeness (QED) is 0.782. The number of carbonyl (C=O) groups excluding carboxylic acids is 1. The van der Waals surface area contributed by atoms with Gasteiger partial charge in [0, 0.05) is 18.7 Å². The summed E-state index contributed by atoms with van der Waals surface area (Å²) < 4.78 is 0. The molecule has 0 aliphatic rings. The van der Waals surface area contributed by atoms with Crippen molar-refractivity contribution in [2.75, 3.05) is 19.6 Å². The summed E-state index contributed by atoms with van der Waals surface area (Å²) in [6.45, 7) is 9.69. The van der Waals surface area contributed by atoms with Gasteiger partial charge in [0.25, 0.3) is 5.91 Å². The predicted octanol–water partition coefficient (Wildman–Crippen LogP) is 2.23. The summed E-state index contributed by atoms with van der Waals surface area (Å²) >= 11 is 0. The Hall–Kier alpha value is -1.61. The molecule has 1 rings (SSSR count). The zero-order valence-corrected chi connectivity index (χ0v) is 11.3. The van der Waals surface area contributed by atoms with Crippen LogP contribution in [-0.2, 0) is 6.42 Å². The van der Waals surface area contributed by atoms with Gasteiger partial charge in [0.1, 0.15) is 0 Å². The minimum Gasteiger partial charge on any atom is -0.335 e. The number of benzene rings is 1. The normalized spacial score (nSPS) is 10.2. The lowest BCUT2D eigenvalue weighted by Gasteiger charge is -2.21. The van der Waals surface area contributed by atoms with Gasteiger partial charge in [-0.1, -0.05) is 24.3 Å². The highest BCUT2D eigenvalue weighted by molar-refractivity contribution is 5.94. The number of hydrogen-bond donors (Lipinski definition) is 1. The van der Waals surface area contributed by atoms with Crippen molar-refractivity contribution in [2.24, 2.45) is 5.73 Å². The molecule has 1 amide bonds. The maximum Gasteiger partial charge on any atom is 0.254 e. The van der Waals surface area contributed by atoms with E-state index in [9.17, 15) is 4.79 Å². The lowest BCUT2D eigenvalue weighted by atomic mass is 10.1. The molecular weight excluding hydrogens is 224 g/mol. The Labute approximate surface area is 109 Å². The molecule has 0 radical (unpaired) electrons. The first-order chi connectivity index (χ1) is 8.58. The van der Waals surface area contributed by atoms with Crippen molar-refractivity contribution >= 4 is 5.91 Å². The summed E-state index contributed by atoms with van der Waals surface area (Å²) in [6.07, 6.45) is 0.845. The van der Waals surface area contributed by atoms with E-state index in [2.05, 4.69) is 6.58 Å². The molecule has 0 unspecified atom stereocenters. The summed E-state index contributed by atoms with van der Waals surface area (Å²) in [5, 5.41) is 0. The molecule has 3 heteroatoms. The molecule has 0 aliphatic heterocycles. The van der Waals surface area contributed by atoms with Crippen LogP contribution in [0, 0.1) is 0 Å². The van der Waals surface area contributed by atoms with E-state index in [-0.39, 0.29) is 5.91 Å². The van der Waals surface area contributed by atoms with Crippen molar-refractivity contribution in [3.63, 3.8) is 0 Å². The SMILES string of the molecule is C=C(C)CN(CC)C(=O)c1ccc(CCN)cc1. The van der Waals surface area contributed by atoms with E-state index in [1.54, 1.807) is 4.90 Å². The topological polar surface area (TPSA) is 46.3 Å². The number of rotatable bonds is 6. The number of carbonyl (C=O) groups is 1. The summed E-state index contributed by atoms with van der Waals surface area (Å²) in [5.41, 5.74) is 8.37. The van der Waals surface area contributed by atoms with Crippen LogP contribution in [0.4, 0.5) is 0 Å². The largest absolute Gasteiger partial charge is 0.335 e. The summed E-state index contributed by atoms with van der Waals surface area (Å²) in [4.78, 5) is 14.0. The molecule has 0 heterocycles. The van der Waals surface area contributed by atoms with Crippen molar-refractivity contribution in [3.05, 3.63) is 47.5 Å². The Morgan fingerprint density at radius 1 is 1.33 bits per heavy atom. The molecular formula is C15H22N2O. The molecule has 2 N–H and O–H groups in total. The van der Waals surface area contributed by atoms with Gasteiger partial charge in [0.2, 0.25) is 0 Å². The maximum absolute atomic E-state index is 12.2. The van der Waals surface area contributed by atoms with E-state index in [0.717, 1.165) is 23.1 Å². The molecule has 0 saturated heterocycles. The number of nitrogens with two attached hydrogens (primary N) is 1. The second kappa shape index (κ2) is 6.97. The monoisotopic (exact) mass is 246 g/mol. The van der Waals surface area contributed by atoms with Crippen LogP contribution in [0.1, 0.15) is 29.8 Å². The first-order valence-corrected chi connectivity index (χ1v) is 6.31. The summed E-state index contributed by atoms with van der Waals surface area (Å²) in [6, 6.07) is 7.67. The van der Waals surface area contributed by atoms with Crippen molar-refractivity contribution in [1.82, 2.24) is 4.90 Å². The van der Waals surface area contributed by atoms with Crippen LogP contribution < -0.4 is 5.73 Å². The van der Waals surface area contributed by atoms with E-state index >= 15 is 0 Å². The van der Waals surface area contributed by atoms with Crippen LogP contribution in [0.2, 0.25) is 0 Å². The van der Waals surface area contributed by atoms with Gasteiger partial charge >= 0.3 is 0 Å². The average molecular weight is 246 g/mol. The van der Waals surface area contributed by atoms with E-state index in [4.69, 9.17) is 5.73 Å². The van der Waals surface area contributed by atoms with Crippen molar-refractivity contribution in [2.45, 2.75) is 20.3 Å². The van der Waals surface area contributed by atoms with E-state index in [1.807, 2.05) is 38.1 Å². The molecule has 98 valence electrons. The van der Waals surface area contributed by atoms with Crippen LogP contribution >= 0.6 is 0 Å². The molecule has 0 spiro atoms. The lowest BCUT2D eigenvalue weighted by Crippen LogP contribution is -2.32. The lowest BCUT2D eigenvalue weighted by molar-refractivity contribution is 0.0778. The Kier molecular flexibility index (Phi) is 5.59. The Bertz CT molecular complexity index is 409. The molecule has 0 aliphatic carbocycles. The highest BCUT2D eigenvalue weighted by Gasteiger charge is 2.13. The van der Waals surface area contributed by atoms with Crippen LogP contribution in [0.3, 0.4) is 0 Å². The van der Waals surface area contributed by atoms with Gasteiger partial charge in [-0.05, 0) is 44.5 Å². The third-order valence-corrected chi connectivity index (χ3v) is 2.76. The number of hydrogen-bond acceptors (Lipinski definition) is 2. The fraction of sp³-hybridized carbons (Fsp3) is 0.400. The number of nitrogens with zero attached hydrogens (tertiary/aromatic N) is 1. The summed E-state index contributed by atoms with van der Waals surface area (Å²) in [5.74, 6) is 0.0554. The zero-order valence-electron chi connectivity index (χ0n) is 11.3.